The molecule has 0 aromatic carbocycles. The van der Waals surface area contributed by atoms with Crippen LogP contribution < -0.4 is 4.90 Å². The average Bonchev–Trinajstić information content (AvgIpc) is 2.98. The molecule has 0 bridgehead atoms. The average molecular weight is 292 g/mol. The predicted molar refractivity (Wildman–Crippen MR) is 77.2 cm³/mol. The van der Waals surface area contributed by atoms with E-state index in [1.165, 1.54) is 0 Å². The molecule has 0 radical (unpaired) electrons. The van der Waals surface area contributed by atoms with Crippen LogP contribution >= 0.6 is 0 Å². The van der Waals surface area contributed by atoms with Gasteiger partial charge in [-0.05, 0) is 38.8 Å². The number of aromatic nitrogens is 1. The number of pyridine rings is 1. The van der Waals surface area contributed by atoms with Gasteiger partial charge in [-0.15, -0.1) is 0 Å². The summed E-state index contributed by atoms with van der Waals surface area (Å²) in [6.07, 6.45) is 3.60. The maximum Gasteiger partial charge on any atom is 0.344 e. The summed E-state index contributed by atoms with van der Waals surface area (Å²) < 4.78 is 9.94. The zero-order valence-corrected chi connectivity index (χ0v) is 12.4. The minimum atomic E-state index is -0.551. The number of anilines is 1. The van der Waals surface area contributed by atoms with E-state index in [1.54, 1.807) is 32.2 Å². The standard InChI is InChI=1S/C15H20N2O4/c1-11(2)21-13(18)10-20-15(19)12-6-5-7-16-14(12)17-8-3-4-9-17/h5-7,11H,3-4,8-10H2,1-2H3. The van der Waals surface area contributed by atoms with Crippen LogP contribution in [0.15, 0.2) is 18.3 Å². The van der Waals surface area contributed by atoms with Crippen molar-refractivity contribution in [3.63, 3.8) is 0 Å². The van der Waals surface area contributed by atoms with E-state index in [0.29, 0.717) is 11.4 Å². The molecule has 0 saturated carbocycles. The molecule has 2 rings (SSSR count). The van der Waals surface area contributed by atoms with Crippen LogP contribution in [0.1, 0.15) is 37.0 Å². The van der Waals surface area contributed by atoms with Gasteiger partial charge in [0.05, 0.1) is 6.10 Å². The minimum Gasteiger partial charge on any atom is -0.460 e. The van der Waals surface area contributed by atoms with Crippen molar-refractivity contribution in [1.82, 2.24) is 4.98 Å². The number of carbonyl (C=O) groups is 2. The normalized spacial score (nSPS) is 14.3. The van der Waals surface area contributed by atoms with E-state index in [4.69, 9.17) is 9.47 Å². The Morgan fingerprint density at radius 3 is 2.71 bits per heavy atom. The molecule has 6 nitrogen and oxygen atoms in total. The lowest BCUT2D eigenvalue weighted by Crippen LogP contribution is -2.24. The third-order valence-electron chi connectivity index (χ3n) is 3.10. The fourth-order valence-electron chi connectivity index (χ4n) is 2.24. The Bertz CT molecular complexity index is 510. The number of ether oxygens (including phenoxy) is 2. The van der Waals surface area contributed by atoms with Gasteiger partial charge < -0.3 is 14.4 Å². The Morgan fingerprint density at radius 1 is 1.33 bits per heavy atom. The number of rotatable bonds is 5. The lowest BCUT2D eigenvalue weighted by Gasteiger charge is -2.18. The van der Waals surface area contributed by atoms with Gasteiger partial charge in [-0.2, -0.15) is 0 Å². The Balaban J connectivity index is 2.00. The van der Waals surface area contributed by atoms with Gasteiger partial charge >= 0.3 is 11.9 Å². The molecule has 1 fully saturated rings. The summed E-state index contributed by atoms with van der Waals surface area (Å²) in [5, 5.41) is 0. The third kappa shape index (κ3) is 4.18. The fourth-order valence-corrected chi connectivity index (χ4v) is 2.24. The second-order valence-corrected chi connectivity index (χ2v) is 5.18. The van der Waals surface area contributed by atoms with Crippen molar-refractivity contribution in [2.45, 2.75) is 32.8 Å². The molecule has 1 aromatic heterocycles. The first kappa shape index (κ1) is 15.3. The summed E-state index contributed by atoms with van der Waals surface area (Å²) in [6.45, 7) is 4.86. The highest BCUT2D eigenvalue weighted by Crippen LogP contribution is 2.22. The smallest absolute Gasteiger partial charge is 0.344 e. The van der Waals surface area contributed by atoms with Crippen LogP contribution in [0.2, 0.25) is 0 Å². The maximum absolute atomic E-state index is 12.1. The van der Waals surface area contributed by atoms with Crippen molar-refractivity contribution < 1.29 is 19.1 Å². The van der Waals surface area contributed by atoms with Gasteiger partial charge in [0.2, 0.25) is 0 Å². The first-order chi connectivity index (χ1) is 10.1. The van der Waals surface area contributed by atoms with Crippen molar-refractivity contribution in [2.75, 3.05) is 24.6 Å². The highest BCUT2D eigenvalue weighted by atomic mass is 16.6. The lowest BCUT2D eigenvalue weighted by molar-refractivity contribution is -0.150. The third-order valence-corrected chi connectivity index (χ3v) is 3.10. The van der Waals surface area contributed by atoms with Gasteiger partial charge in [-0.25, -0.2) is 14.6 Å². The number of hydrogen-bond acceptors (Lipinski definition) is 6. The highest BCUT2D eigenvalue weighted by Gasteiger charge is 2.22. The quantitative estimate of drug-likeness (QED) is 0.771. The van der Waals surface area contributed by atoms with Crippen LogP contribution in [0.5, 0.6) is 0 Å². The van der Waals surface area contributed by atoms with Gasteiger partial charge in [0.25, 0.3) is 0 Å². The van der Waals surface area contributed by atoms with E-state index in [1.807, 2.05) is 0 Å². The van der Waals surface area contributed by atoms with Crippen molar-refractivity contribution in [3.05, 3.63) is 23.9 Å². The van der Waals surface area contributed by atoms with Crippen molar-refractivity contribution >= 4 is 17.8 Å². The van der Waals surface area contributed by atoms with Crippen LogP contribution in [0.3, 0.4) is 0 Å². The van der Waals surface area contributed by atoms with Crippen LogP contribution in [0.4, 0.5) is 5.82 Å². The van der Waals surface area contributed by atoms with Crippen molar-refractivity contribution in [1.29, 1.82) is 0 Å². The monoisotopic (exact) mass is 292 g/mol. The van der Waals surface area contributed by atoms with Crippen molar-refractivity contribution in [3.8, 4) is 0 Å². The SMILES string of the molecule is CC(C)OC(=O)COC(=O)c1cccnc1N1CCCC1. The van der Waals surface area contributed by atoms with Crippen LogP contribution in [0, 0.1) is 0 Å². The molecule has 1 aliphatic heterocycles. The topological polar surface area (TPSA) is 68.7 Å². The van der Waals surface area contributed by atoms with Gasteiger partial charge in [0.15, 0.2) is 6.61 Å². The molecule has 114 valence electrons. The Labute approximate surface area is 124 Å². The summed E-state index contributed by atoms with van der Waals surface area (Å²) in [6, 6.07) is 3.35. The molecular formula is C15H20N2O4. The molecule has 6 heteroatoms. The largest absolute Gasteiger partial charge is 0.460 e. The first-order valence-corrected chi connectivity index (χ1v) is 7.14. The van der Waals surface area contributed by atoms with E-state index >= 15 is 0 Å². The first-order valence-electron chi connectivity index (χ1n) is 7.14. The Hall–Kier alpha value is -2.11. The zero-order chi connectivity index (χ0) is 15.2. The van der Waals surface area contributed by atoms with Gasteiger partial charge in [-0.3, -0.25) is 0 Å². The summed E-state index contributed by atoms with van der Waals surface area (Å²) in [7, 11) is 0. The van der Waals surface area contributed by atoms with Gasteiger partial charge in [0.1, 0.15) is 11.4 Å². The molecule has 0 atom stereocenters. The van der Waals surface area contributed by atoms with Crippen LogP contribution in [0.25, 0.3) is 0 Å². The summed E-state index contributed by atoms with van der Waals surface area (Å²) >= 11 is 0. The lowest BCUT2D eigenvalue weighted by atomic mass is 10.2. The molecule has 1 aliphatic rings. The second-order valence-electron chi connectivity index (χ2n) is 5.18. The minimum absolute atomic E-state index is 0.227. The summed E-state index contributed by atoms with van der Waals surface area (Å²) in [5.74, 6) is -0.479. The Morgan fingerprint density at radius 2 is 2.05 bits per heavy atom. The van der Waals surface area contributed by atoms with E-state index in [2.05, 4.69) is 9.88 Å². The van der Waals surface area contributed by atoms with E-state index in [-0.39, 0.29) is 12.7 Å². The number of carbonyl (C=O) groups excluding carboxylic acids is 2. The zero-order valence-electron chi connectivity index (χ0n) is 12.4. The molecule has 1 aromatic rings. The number of esters is 2. The van der Waals surface area contributed by atoms with E-state index in [0.717, 1.165) is 25.9 Å². The molecule has 0 unspecified atom stereocenters. The van der Waals surface area contributed by atoms with Crippen LogP contribution in [-0.2, 0) is 14.3 Å². The van der Waals surface area contributed by atoms with Crippen molar-refractivity contribution in [2.24, 2.45) is 0 Å². The molecule has 1 saturated heterocycles. The fraction of sp³-hybridized carbons (Fsp3) is 0.533. The number of nitrogens with zero attached hydrogens (tertiary/aromatic N) is 2. The Kier molecular flexibility index (Phi) is 5.14. The molecule has 0 spiro atoms. The van der Waals surface area contributed by atoms with Gasteiger partial charge in [0, 0.05) is 19.3 Å². The molecule has 21 heavy (non-hydrogen) atoms. The van der Waals surface area contributed by atoms with E-state index < -0.39 is 11.9 Å². The maximum atomic E-state index is 12.1. The molecule has 0 amide bonds. The molecule has 2 heterocycles. The summed E-state index contributed by atoms with van der Waals surface area (Å²) in [5.41, 5.74) is 0.386. The second kappa shape index (κ2) is 7.06. The summed E-state index contributed by atoms with van der Waals surface area (Å²) in [4.78, 5) is 29.8. The van der Waals surface area contributed by atoms with Gasteiger partial charge in [-0.1, -0.05) is 0 Å². The van der Waals surface area contributed by atoms with Crippen LogP contribution in [-0.4, -0.2) is 42.7 Å². The molecular weight excluding hydrogens is 272 g/mol. The molecule has 0 aliphatic carbocycles. The molecule has 0 N–H and O–H groups in total. The predicted octanol–water partition coefficient (Wildman–Crippen LogP) is 1.79. The van der Waals surface area contributed by atoms with E-state index in [9.17, 15) is 9.59 Å². The number of hydrogen-bond donors (Lipinski definition) is 0. The highest BCUT2D eigenvalue weighted by molar-refractivity contribution is 5.95.